The fraction of sp³-hybridized carbons (Fsp3) is 0.500. The summed E-state index contributed by atoms with van der Waals surface area (Å²) in [7, 11) is 0. The Labute approximate surface area is 158 Å². The smallest absolute Gasteiger partial charge is 0.489 e. The number of fused-ring (bicyclic) bond motifs is 6. The third-order valence-electron chi connectivity index (χ3n) is 5.63. The molecule has 5 nitrogen and oxygen atoms in total. The molecule has 0 saturated heterocycles. The van der Waals surface area contributed by atoms with Crippen LogP contribution in [0.25, 0.3) is 17.0 Å². The van der Waals surface area contributed by atoms with Crippen molar-refractivity contribution in [3.05, 3.63) is 34.5 Å². The van der Waals surface area contributed by atoms with Gasteiger partial charge in [-0.25, -0.2) is 0 Å². The van der Waals surface area contributed by atoms with Gasteiger partial charge >= 0.3 is 5.63 Å². The van der Waals surface area contributed by atoms with Crippen LogP contribution in [0.4, 0.5) is 0 Å². The minimum Gasteiger partial charge on any atom is -0.489 e. The Bertz CT molecular complexity index is 998. The maximum absolute atomic E-state index is 11.0. The van der Waals surface area contributed by atoms with E-state index in [2.05, 4.69) is 6.92 Å². The van der Waals surface area contributed by atoms with Gasteiger partial charge in [-0.1, -0.05) is 20.3 Å². The van der Waals surface area contributed by atoms with E-state index >= 15 is 0 Å². The van der Waals surface area contributed by atoms with Gasteiger partial charge in [0, 0.05) is 5.92 Å². The van der Waals surface area contributed by atoms with E-state index in [4.69, 9.17) is 13.9 Å². The molecule has 3 heterocycles. The Balaban J connectivity index is 2.17. The molecule has 1 aromatic heterocycles. The monoisotopic (exact) mass is 371 g/mol. The zero-order chi connectivity index (χ0) is 19.5. The minimum atomic E-state index is -0.750. The summed E-state index contributed by atoms with van der Waals surface area (Å²) in [5, 5.41) is 11.8. The van der Waals surface area contributed by atoms with Crippen molar-refractivity contribution < 1.29 is 23.8 Å². The second-order valence-electron chi connectivity index (χ2n) is 8.22. The Kier molecular flexibility index (Phi) is 4.11. The van der Waals surface area contributed by atoms with Crippen molar-refractivity contribution in [2.24, 2.45) is 5.92 Å². The van der Waals surface area contributed by atoms with Gasteiger partial charge in [-0.15, -0.1) is 0 Å². The quantitative estimate of drug-likeness (QED) is 0.639. The third-order valence-corrected chi connectivity index (χ3v) is 5.63. The number of aryl methyl sites for hydroxylation is 1. The number of hydrogen-bond acceptors (Lipinski definition) is 4. The second-order valence-corrected chi connectivity index (χ2v) is 8.22. The summed E-state index contributed by atoms with van der Waals surface area (Å²) in [5.74, 6) is 1.17. The van der Waals surface area contributed by atoms with Gasteiger partial charge < -0.3 is 19.4 Å². The molecule has 2 aliphatic heterocycles. The van der Waals surface area contributed by atoms with Crippen LogP contribution in [0.15, 0.2) is 16.6 Å². The lowest BCUT2D eigenvalue weighted by Crippen LogP contribution is -2.34. The lowest BCUT2D eigenvalue weighted by Gasteiger charge is -2.36. The standard InChI is InChI=1S/C22H26O5/c1-6-7-13-10-15(23)26-21-16(13)20-14(8-9-22(4,5)27-20)19-17(21)18(24)11(2)12(3)25-19/h8-12,18,24H,6-7H2,1-5H3/p+1/t11-,12-,18+/m1/s1. The molecule has 4 rings (SSSR count). The predicted octanol–water partition coefficient (Wildman–Crippen LogP) is 4.02. The van der Waals surface area contributed by atoms with Crippen LogP contribution >= 0.6 is 0 Å². The Morgan fingerprint density at radius 3 is 2.67 bits per heavy atom. The van der Waals surface area contributed by atoms with Crippen molar-refractivity contribution in [1.82, 2.24) is 0 Å². The first kappa shape index (κ1) is 18.1. The first-order valence-corrected chi connectivity index (χ1v) is 9.65. The summed E-state index contributed by atoms with van der Waals surface area (Å²) < 4.78 is 18.3. The van der Waals surface area contributed by atoms with E-state index in [0.29, 0.717) is 22.6 Å². The van der Waals surface area contributed by atoms with Crippen LogP contribution in [0, 0.1) is 5.92 Å². The highest BCUT2D eigenvalue weighted by molar-refractivity contribution is 5.97. The number of benzene rings is 1. The Hall–Kier alpha value is -2.27. The van der Waals surface area contributed by atoms with E-state index in [1.54, 1.807) is 6.07 Å². The summed E-state index contributed by atoms with van der Waals surface area (Å²) >= 11 is 0. The zero-order valence-electron chi connectivity index (χ0n) is 16.5. The zero-order valence-corrected chi connectivity index (χ0v) is 16.5. The summed E-state index contributed by atoms with van der Waals surface area (Å²) in [6, 6.07) is 1.65. The number of aliphatic hydroxyl groups excluding tert-OH is 1. The lowest BCUT2D eigenvalue weighted by molar-refractivity contribution is 0.0172. The molecule has 1 aromatic carbocycles. The normalized spacial score (nSPS) is 25.5. The molecule has 0 fully saturated rings. The van der Waals surface area contributed by atoms with Gasteiger partial charge in [-0.2, -0.15) is 0 Å². The van der Waals surface area contributed by atoms with E-state index in [-0.39, 0.29) is 17.6 Å². The van der Waals surface area contributed by atoms with Crippen molar-refractivity contribution in [2.75, 3.05) is 0 Å². The van der Waals surface area contributed by atoms with Crippen LogP contribution in [-0.2, 0) is 6.42 Å². The molecule has 5 heteroatoms. The summed E-state index contributed by atoms with van der Waals surface area (Å²) in [6.45, 7) is 9.98. The van der Waals surface area contributed by atoms with E-state index in [1.807, 2.05) is 39.8 Å². The van der Waals surface area contributed by atoms with E-state index in [0.717, 1.165) is 29.4 Å². The largest absolute Gasteiger partial charge is 0.516 e. The first-order chi connectivity index (χ1) is 12.7. The van der Waals surface area contributed by atoms with Gasteiger partial charge in [-0.3, -0.25) is 4.42 Å². The molecule has 2 aromatic rings. The highest BCUT2D eigenvalue weighted by atomic mass is 16.5. The summed E-state index contributed by atoms with van der Waals surface area (Å²) in [5.41, 5.74) is 2.17. The van der Waals surface area contributed by atoms with Gasteiger partial charge in [0.1, 0.15) is 23.2 Å². The predicted molar refractivity (Wildman–Crippen MR) is 103 cm³/mol. The van der Waals surface area contributed by atoms with Gasteiger partial charge in [0.05, 0.1) is 28.7 Å². The summed E-state index contributed by atoms with van der Waals surface area (Å²) in [4.78, 5) is 10.2. The number of rotatable bonds is 2. The van der Waals surface area contributed by atoms with Gasteiger partial charge in [0.2, 0.25) is 0 Å². The first-order valence-electron chi connectivity index (χ1n) is 9.65. The molecular formula is C22H27O5+. The van der Waals surface area contributed by atoms with Crippen LogP contribution in [0.5, 0.6) is 11.5 Å². The van der Waals surface area contributed by atoms with Crippen LogP contribution in [0.3, 0.4) is 0 Å². The maximum atomic E-state index is 11.0. The molecule has 0 unspecified atom stereocenters. The Morgan fingerprint density at radius 1 is 1.22 bits per heavy atom. The highest BCUT2D eigenvalue weighted by Gasteiger charge is 2.41. The number of hydrogen-bond donors (Lipinski definition) is 1. The lowest BCUT2D eigenvalue weighted by atomic mass is 9.85. The fourth-order valence-corrected chi connectivity index (χ4v) is 3.99. The van der Waals surface area contributed by atoms with Gasteiger partial charge in [0.15, 0.2) is 0 Å². The van der Waals surface area contributed by atoms with Crippen LogP contribution in [0.1, 0.15) is 63.8 Å². The molecule has 2 N–H and O–H groups in total. The molecule has 0 aliphatic carbocycles. The van der Waals surface area contributed by atoms with Crippen molar-refractivity contribution in [3.63, 3.8) is 0 Å². The molecule has 0 spiro atoms. The van der Waals surface area contributed by atoms with Gasteiger partial charge in [-0.05, 0) is 44.9 Å². The molecule has 0 radical (unpaired) electrons. The SMILES string of the molecule is CCCc1cc(=[OH+])oc2c3c(c4c(c12)OC(C)(C)C=C4)O[C@H](C)[C@@H](C)[C@@H]3O. The molecule has 2 aliphatic rings. The fourth-order valence-electron chi connectivity index (χ4n) is 3.99. The van der Waals surface area contributed by atoms with Crippen molar-refractivity contribution in [1.29, 1.82) is 0 Å². The van der Waals surface area contributed by atoms with E-state index in [1.165, 1.54) is 0 Å². The molecule has 144 valence electrons. The molecule has 27 heavy (non-hydrogen) atoms. The van der Waals surface area contributed by atoms with Crippen LogP contribution < -0.4 is 15.1 Å². The van der Waals surface area contributed by atoms with Crippen molar-refractivity contribution in [3.8, 4) is 11.5 Å². The molecular weight excluding hydrogens is 344 g/mol. The topological polar surface area (TPSA) is 73.2 Å². The van der Waals surface area contributed by atoms with E-state index in [9.17, 15) is 9.90 Å². The highest BCUT2D eigenvalue weighted by Crippen LogP contribution is 2.52. The number of aliphatic hydroxyl groups is 1. The molecule has 3 atom stereocenters. The molecule has 0 bridgehead atoms. The average molecular weight is 371 g/mol. The third kappa shape index (κ3) is 2.76. The Morgan fingerprint density at radius 2 is 1.96 bits per heavy atom. The van der Waals surface area contributed by atoms with Crippen LogP contribution in [-0.4, -0.2) is 21.6 Å². The molecule has 0 saturated carbocycles. The van der Waals surface area contributed by atoms with Crippen molar-refractivity contribution in [2.45, 2.75) is 65.3 Å². The second kappa shape index (κ2) is 6.13. The van der Waals surface area contributed by atoms with Crippen molar-refractivity contribution >= 4 is 17.0 Å². The maximum Gasteiger partial charge on any atom is 0.516 e. The van der Waals surface area contributed by atoms with Crippen LogP contribution in [0.2, 0.25) is 0 Å². The average Bonchev–Trinajstić information content (AvgIpc) is 2.58. The van der Waals surface area contributed by atoms with Gasteiger partial charge in [0.25, 0.3) is 5.58 Å². The number of ether oxygens (including phenoxy) is 2. The van der Waals surface area contributed by atoms with E-state index < -0.39 is 11.7 Å². The summed E-state index contributed by atoms with van der Waals surface area (Å²) in [6.07, 6.45) is 4.79. The minimum absolute atomic E-state index is 0.101. The molecule has 0 amide bonds.